The Bertz CT molecular complexity index is 910. The third kappa shape index (κ3) is 2.47. The number of pyridine rings is 1. The number of halogens is 5. The topological polar surface area (TPSA) is 68.5 Å². The van der Waals surface area contributed by atoms with Gasteiger partial charge in [-0.05, 0) is 6.07 Å². The fraction of sp³-hybridized carbons (Fsp3) is 0.286. The second-order valence-corrected chi connectivity index (χ2v) is 5.18. The van der Waals surface area contributed by atoms with Crippen molar-refractivity contribution in [3.63, 3.8) is 0 Å². The lowest BCUT2D eigenvalue weighted by Gasteiger charge is -2.16. The average molecular weight is 349 g/mol. The molecule has 1 N–H and O–H groups in total. The normalized spacial score (nSPS) is 19.8. The SMILES string of the molecule is O=C(O)c1cn(C2CC2F)c2c(OC(F)F)c(F)c(F)cc2c1=O. The summed E-state index contributed by atoms with van der Waals surface area (Å²) in [7, 11) is 0. The van der Waals surface area contributed by atoms with E-state index in [1.807, 2.05) is 0 Å². The van der Waals surface area contributed by atoms with Crippen LogP contribution in [0.15, 0.2) is 17.1 Å². The predicted octanol–water partition coefficient (Wildman–Crippen LogP) is 2.86. The zero-order chi connectivity index (χ0) is 17.8. The number of nitrogens with zero attached hydrogens (tertiary/aromatic N) is 1. The van der Waals surface area contributed by atoms with Crippen LogP contribution in [0.1, 0.15) is 22.8 Å². The highest BCUT2D eigenvalue weighted by molar-refractivity contribution is 5.94. The Morgan fingerprint density at radius 2 is 2.00 bits per heavy atom. The van der Waals surface area contributed by atoms with Crippen molar-refractivity contribution in [3.05, 3.63) is 39.7 Å². The van der Waals surface area contributed by atoms with Gasteiger partial charge in [-0.15, -0.1) is 0 Å². The van der Waals surface area contributed by atoms with E-state index >= 15 is 0 Å². The Morgan fingerprint density at radius 3 is 2.50 bits per heavy atom. The largest absolute Gasteiger partial charge is 0.477 e. The van der Waals surface area contributed by atoms with E-state index in [1.54, 1.807) is 0 Å². The van der Waals surface area contributed by atoms with Gasteiger partial charge in [-0.25, -0.2) is 13.6 Å². The van der Waals surface area contributed by atoms with Crippen LogP contribution in [-0.4, -0.2) is 28.4 Å². The molecule has 128 valence electrons. The van der Waals surface area contributed by atoms with Crippen LogP contribution in [-0.2, 0) is 0 Å². The third-order valence-electron chi connectivity index (χ3n) is 3.64. The minimum absolute atomic E-state index is 0.0931. The van der Waals surface area contributed by atoms with Gasteiger partial charge in [0.25, 0.3) is 0 Å². The highest BCUT2D eigenvalue weighted by Crippen LogP contribution is 2.43. The van der Waals surface area contributed by atoms with E-state index in [0.29, 0.717) is 12.3 Å². The molecule has 0 bridgehead atoms. The molecule has 5 nitrogen and oxygen atoms in total. The molecule has 3 rings (SSSR count). The highest BCUT2D eigenvalue weighted by atomic mass is 19.3. The summed E-state index contributed by atoms with van der Waals surface area (Å²) in [4.78, 5) is 23.3. The number of carbonyl (C=O) groups is 1. The lowest BCUT2D eigenvalue weighted by Crippen LogP contribution is -2.20. The number of fused-ring (bicyclic) bond motifs is 1. The number of alkyl halides is 3. The first-order valence-electron chi connectivity index (χ1n) is 6.61. The van der Waals surface area contributed by atoms with Gasteiger partial charge in [-0.3, -0.25) is 4.79 Å². The minimum Gasteiger partial charge on any atom is -0.477 e. The molecule has 24 heavy (non-hydrogen) atoms. The number of carboxylic acids is 1. The lowest BCUT2D eigenvalue weighted by molar-refractivity contribution is -0.0516. The van der Waals surface area contributed by atoms with Crippen molar-refractivity contribution in [1.29, 1.82) is 0 Å². The molecule has 0 aliphatic heterocycles. The van der Waals surface area contributed by atoms with Crippen molar-refractivity contribution in [2.24, 2.45) is 0 Å². The van der Waals surface area contributed by atoms with Crippen LogP contribution < -0.4 is 10.2 Å². The zero-order valence-electron chi connectivity index (χ0n) is 11.6. The molecular formula is C14H8F5NO4. The minimum atomic E-state index is -3.53. The Hall–Kier alpha value is -2.65. The molecular weight excluding hydrogens is 341 g/mol. The van der Waals surface area contributed by atoms with E-state index in [-0.39, 0.29) is 6.42 Å². The molecule has 0 radical (unpaired) electrons. The highest BCUT2D eigenvalue weighted by Gasteiger charge is 2.41. The smallest absolute Gasteiger partial charge is 0.387 e. The Morgan fingerprint density at radius 1 is 1.38 bits per heavy atom. The summed E-state index contributed by atoms with van der Waals surface area (Å²) in [5.41, 5.74) is -2.66. The van der Waals surface area contributed by atoms with Gasteiger partial charge >= 0.3 is 12.6 Å². The summed E-state index contributed by atoms with van der Waals surface area (Å²) < 4.78 is 70.8. The Kier molecular flexibility index (Phi) is 3.69. The van der Waals surface area contributed by atoms with Gasteiger partial charge in [0.1, 0.15) is 11.7 Å². The number of aromatic carboxylic acids is 1. The maximum absolute atomic E-state index is 13.9. The van der Waals surface area contributed by atoms with Crippen LogP contribution in [0.2, 0.25) is 0 Å². The van der Waals surface area contributed by atoms with E-state index < -0.39 is 64.1 Å². The fourth-order valence-electron chi connectivity index (χ4n) is 2.48. The van der Waals surface area contributed by atoms with Gasteiger partial charge in [0.2, 0.25) is 11.2 Å². The summed E-state index contributed by atoms with van der Waals surface area (Å²) in [6.07, 6.45) is -0.818. The van der Waals surface area contributed by atoms with E-state index in [0.717, 1.165) is 4.57 Å². The van der Waals surface area contributed by atoms with Crippen molar-refractivity contribution in [3.8, 4) is 5.75 Å². The van der Waals surface area contributed by atoms with Gasteiger partial charge < -0.3 is 14.4 Å². The van der Waals surface area contributed by atoms with Crippen molar-refractivity contribution >= 4 is 16.9 Å². The second kappa shape index (κ2) is 5.46. The van der Waals surface area contributed by atoms with Crippen LogP contribution in [0, 0.1) is 11.6 Å². The first-order valence-corrected chi connectivity index (χ1v) is 6.61. The molecule has 1 aliphatic carbocycles. The van der Waals surface area contributed by atoms with Crippen LogP contribution in [0.5, 0.6) is 5.75 Å². The van der Waals surface area contributed by atoms with E-state index in [2.05, 4.69) is 4.74 Å². The molecule has 2 unspecified atom stereocenters. The van der Waals surface area contributed by atoms with Gasteiger partial charge in [0.05, 0.1) is 16.9 Å². The Labute approximate surface area is 129 Å². The van der Waals surface area contributed by atoms with Gasteiger partial charge in [0, 0.05) is 12.6 Å². The van der Waals surface area contributed by atoms with E-state index in [4.69, 9.17) is 5.11 Å². The standard InChI is InChI=1S/C14H8F5NO4/c15-6-2-8(6)20-3-5(13(22)23)11(21)4-1-7(16)9(17)12(10(4)20)24-14(18)19/h1,3,6,8,14H,2H2,(H,22,23). The van der Waals surface area contributed by atoms with Crippen LogP contribution in [0.4, 0.5) is 22.0 Å². The zero-order valence-corrected chi connectivity index (χ0v) is 11.6. The maximum atomic E-state index is 13.9. The molecule has 0 spiro atoms. The van der Waals surface area contributed by atoms with Crippen molar-refractivity contribution < 1.29 is 36.6 Å². The molecule has 2 aromatic rings. The molecule has 1 aromatic heterocycles. The molecule has 1 aromatic carbocycles. The predicted molar refractivity (Wildman–Crippen MR) is 70.3 cm³/mol. The molecule has 0 amide bonds. The number of benzene rings is 1. The number of rotatable bonds is 4. The molecule has 1 saturated carbocycles. The summed E-state index contributed by atoms with van der Waals surface area (Å²) >= 11 is 0. The van der Waals surface area contributed by atoms with Crippen LogP contribution in [0.25, 0.3) is 10.9 Å². The Balaban J connectivity index is 2.45. The fourth-order valence-corrected chi connectivity index (χ4v) is 2.48. The van der Waals surface area contributed by atoms with E-state index in [1.165, 1.54) is 0 Å². The summed E-state index contributed by atoms with van der Waals surface area (Å²) in [5, 5.41) is 8.34. The van der Waals surface area contributed by atoms with Crippen LogP contribution in [0.3, 0.4) is 0 Å². The monoisotopic (exact) mass is 349 g/mol. The molecule has 0 saturated heterocycles. The third-order valence-corrected chi connectivity index (χ3v) is 3.64. The van der Waals surface area contributed by atoms with Gasteiger partial charge in [-0.1, -0.05) is 0 Å². The summed E-state index contributed by atoms with van der Waals surface area (Å²) in [5.74, 6) is -6.40. The average Bonchev–Trinajstić information content (AvgIpc) is 3.21. The van der Waals surface area contributed by atoms with Crippen molar-refractivity contribution in [1.82, 2.24) is 4.57 Å². The molecule has 10 heteroatoms. The van der Waals surface area contributed by atoms with E-state index in [9.17, 15) is 31.5 Å². The van der Waals surface area contributed by atoms with Gasteiger partial charge in [0.15, 0.2) is 11.6 Å². The molecule has 2 atom stereocenters. The first-order chi connectivity index (χ1) is 11.2. The lowest BCUT2D eigenvalue weighted by atomic mass is 10.1. The number of aromatic nitrogens is 1. The number of hydrogen-bond donors (Lipinski definition) is 1. The van der Waals surface area contributed by atoms with Crippen molar-refractivity contribution in [2.45, 2.75) is 25.2 Å². The van der Waals surface area contributed by atoms with Crippen molar-refractivity contribution in [2.75, 3.05) is 0 Å². The quantitative estimate of drug-likeness (QED) is 0.862. The molecule has 1 aliphatic rings. The van der Waals surface area contributed by atoms with Gasteiger partial charge in [-0.2, -0.15) is 13.2 Å². The maximum Gasteiger partial charge on any atom is 0.387 e. The number of carboxylic acid groups (broad SMARTS) is 1. The molecule has 1 fully saturated rings. The summed E-state index contributed by atoms with van der Waals surface area (Å²) in [6, 6.07) is -0.611. The summed E-state index contributed by atoms with van der Waals surface area (Å²) in [6.45, 7) is -3.53. The number of hydrogen-bond acceptors (Lipinski definition) is 3. The molecule has 1 heterocycles. The second-order valence-electron chi connectivity index (χ2n) is 5.18. The number of ether oxygens (including phenoxy) is 1. The first kappa shape index (κ1) is 16.2. The van der Waals surface area contributed by atoms with Crippen LogP contribution >= 0.6 is 0 Å².